The summed E-state index contributed by atoms with van der Waals surface area (Å²) < 4.78 is 10.6. The largest absolute Gasteiger partial charge is 0.481 e. The molecule has 0 radical (unpaired) electrons. The Morgan fingerprint density at radius 3 is 2.52 bits per heavy atom. The number of aliphatic carboxylic acids is 1. The number of carbonyl (C=O) groups is 2. The van der Waals surface area contributed by atoms with E-state index in [1.165, 1.54) is 0 Å². The number of hydrogen-bond acceptors (Lipinski definition) is 4. The summed E-state index contributed by atoms with van der Waals surface area (Å²) in [6.07, 6.45) is 0.832. The van der Waals surface area contributed by atoms with Gasteiger partial charge in [-0.3, -0.25) is 9.59 Å². The van der Waals surface area contributed by atoms with Crippen molar-refractivity contribution in [2.75, 3.05) is 13.3 Å². The van der Waals surface area contributed by atoms with E-state index in [9.17, 15) is 14.7 Å². The van der Waals surface area contributed by atoms with Crippen LogP contribution in [0.5, 0.6) is 11.5 Å². The third-order valence-electron chi connectivity index (χ3n) is 4.35. The fourth-order valence-electron chi connectivity index (χ4n) is 2.89. The normalized spacial score (nSPS) is 13.2. The summed E-state index contributed by atoms with van der Waals surface area (Å²) in [5, 5.41) is 12.8. The van der Waals surface area contributed by atoms with Gasteiger partial charge in [0.25, 0.3) is 0 Å². The standard InChI is InChI=1S/C20H20ClNO5/c21-16-4-1-13(2-5-16)9-15(20(24)25)11-19(23)22-8-7-14-3-6-17-18(10-14)27-12-26-17/h1-6,10,15H,7-9,11-12H2,(H,22,23)(H,24,25). The van der Waals surface area contributed by atoms with E-state index in [1.807, 2.05) is 18.2 Å². The number of carboxylic acid groups (broad SMARTS) is 1. The van der Waals surface area contributed by atoms with E-state index >= 15 is 0 Å². The van der Waals surface area contributed by atoms with E-state index < -0.39 is 11.9 Å². The molecule has 1 aliphatic heterocycles. The minimum atomic E-state index is -0.990. The van der Waals surface area contributed by atoms with Crippen LogP contribution in [-0.2, 0) is 22.4 Å². The number of halogens is 1. The van der Waals surface area contributed by atoms with Crippen LogP contribution in [0.4, 0.5) is 0 Å². The highest BCUT2D eigenvalue weighted by Crippen LogP contribution is 2.32. The van der Waals surface area contributed by atoms with Gasteiger partial charge in [0.2, 0.25) is 12.7 Å². The second kappa shape index (κ2) is 8.77. The Hall–Kier alpha value is -2.73. The number of carbonyl (C=O) groups excluding carboxylic acids is 1. The monoisotopic (exact) mass is 389 g/mol. The molecule has 0 bridgehead atoms. The molecule has 0 saturated heterocycles. The molecule has 6 nitrogen and oxygen atoms in total. The van der Waals surface area contributed by atoms with E-state index in [2.05, 4.69) is 5.32 Å². The SMILES string of the molecule is O=C(CC(Cc1ccc(Cl)cc1)C(=O)O)NCCc1ccc2c(c1)OCO2. The fraction of sp³-hybridized carbons (Fsp3) is 0.300. The highest BCUT2D eigenvalue weighted by Gasteiger charge is 2.21. The van der Waals surface area contributed by atoms with Crippen LogP contribution < -0.4 is 14.8 Å². The molecule has 2 aromatic carbocycles. The van der Waals surface area contributed by atoms with Crippen molar-refractivity contribution in [2.45, 2.75) is 19.3 Å². The van der Waals surface area contributed by atoms with Gasteiger partial charge in [-0.2, -0.15) is 0 Å². The predicted octanol–water partition coefficient (Wildman–Crippen LogP) is 3.06. The molecular formula is C20H20ClNO5. The summed E-state index contributed by atoms with van der Waals surface area (Å²) in [5.41, 5.74) is 1.84. The molecule has 2 aromatic rings. The van der Waals surface area contributed by atoms with Crippen LogP contribution in [0.15, 0.2) is 42.5 Å². The lowest BCUT2D eigenvalue weighted by molar-refractivity contribution is -0.144. The maximum absolute atomic E-state index is 12.1. The van der Waals surface area contributed by atoms with Crippen molar-refractivity contribution in [3.05, 3.63) is 58.6 Å². The number of benzene rings is 2. The number of fused-ring (bicyclic) bond motifs is 1. The summed E-state index contributed by atoms with van der Waals surface area (Å²) in [4.78, 5) is 23.6. The highest BCUT2D eigenvalue weighted by atomic mass is 35.5. The van der Waals surface area contributed by atoms with Crippen LogP contribution in [0.25, 0.3) is 0 Å². The molecule has 142 valence electrons. The summed E-state index contributed by atoms with van der Waals surface area (Å²) in [6, 6.07) is 12.6. The second-order valence-corrected chi connectivity index (χ2v) is 6.79. The Bertz CT molecular complexity index is 822. The van der Waals surface area contributed by atoms with Crippen LogP contribution in [0, 0.1) is 5.92 Å². The van der Waals surface area contributed by atoms with Gasteiger partial charge in [0.05, 0.1) is 5.92 Å². The van der Waals surface area contributed by atoms with Crippen molar-refractivity contribution < 1.29 is 24.2 Å². The molecule has 0 fully saturated rings. The summed E-state index contributed by atoms with van der Waals surface area (Å²) in [6.45, 7) is 0.644. The Balaban J connectivity index is 1.47. The molecule has 7 heteroatoms. The van der Waals surface area contributed by atoms with Gasteiger partial charge in [0.15, 0.2) is 11.5 Å². The number of amides is 1. The minimum Gasteiger partial charge on any atom is -0.481 e. The zero-order valence-corrected chi connectivity index (χ0v) is 15.4. The quantitative estimate of drug-likeness (QED) is 0.724. The lowest BCUT2D eigenvalue weighted by atomic mass is 9.96. The molecule has 2 N–H and O–H groups in total. The van der Waals surface area contributed by atoms with Gasteiger partial charge in [-0.15, -0.1) is 0 Å². The summed E-state index contributed by atoms with van der Waals surface area (Å²) in [7, 11) is 0. The molecule has 0 aliphatic carbocycles. The molecule has 1 heterocycles. The second-order valence-electron chi connectivity index (χ2n) is 6.36. The summed E-state index contributed by atoms with van der Waals surface area (Å²) >= 11 is 5.84. The molecule has 1 unspecified atom stereocenters. The van der Waals surface area contributed by atoms with Crippen LogP contribution in [0.3, 0.4) is 0 Å². The van der Waals surface area contributed by atoms with E-state index in [0.29, 0.717) is 29.5 Å². The predicted molar refractivity (Wildman–Crippen MR) is 100 cm³/mol. The highest BCUT2D eigenvalue weighted by molar-refractivity contribution is 6.30. The van der Waals surface area contributed by atoms with Crippen LogP contribution in [0.2, 0.25) is 5.02 Å². The number of nitrogens with one attached hydrogen (secondary N) is 1. The molecule has 1 atom stereocenters. The molecule has 0 saturated carbocycles. The van der Waals surface area contributed by atoms with E-state index in [0.717, 1.165) is 11.1 Å². The van der Waals surface area contributed by atoms with Gasteiger partial charge in [-0.1, -0.05) is 29.8 Å². The van der Waals surface area contributed by atoms with E-state index in [4.69, 9.17) is 21.1 Å². The molecule has 1 aliphatic rings. The zero-order valence-electron chi connectivity index (χ0n) is 14.6. The third kappa shape index (κ3) is 5.37. The zero-order chi connectivity index (χ0) is 19.2. The first-order chi connectivity index (χ1) is 13.0. The summed E-state index contributed by atoms with van der Waals surface area (Å²) in [5.74, 6) is -0.633. The van der Waals surface area contributed by atoms with E-state index in [-0.39, 0.29) is 25.5 Å². The van der Waals surface area contributed by atoms with Crippen molar-refractivity contribution in [3.63, 3.8) is 0 Å². The first-order valence-electron chi connectivity index (χ1n) is 8.64. The number of rotatable bonds is 8. The first kappa shape index (κ1) is 19.0. The molecule has 3 rings (SSSR count). The maximum Gasteiger partial charge on any atom is 0.307 e. The Kier molecular flexibility index (Phi) is 6.19. The van der Waals surface area contributed by atoms with Crippen molar-refractivity contribution >= 4 is 23.5 Å². The van der Waals surface area contributed by atoms with Crippen molar-refractivity contribution in [1.82, 2.24) is 5.32 Å². The van der Waals surface area contributed by atoms with Crippen LogP contribution in [-0.4, -0.2) is 30.3 Å². The maximum atomic E-state index is 12.1. The molecular weight excluding hydrogens is 370 g/mol. The smallest absolute Gasteiger partial charge is 0.307 e. The Morgan fingerprint density at radius 1 is 1.07 bits per heavy atom. The molecule has 0 aromatic heterocycles. The van der Waals surface area contributed by atoms with Crippen molar-refractivity contribution in [3.8, 4) is 11.5 Å². The number of hydrogen-bond donors (Lipinski definition) is 2. The van der Waals surface area contributed by atoms with Gasteiger partial charge in [-0.25, -0.2) is 0 Å². The van der Waals surface area contributed by atoms with Gasteiger partial charge >= 0.3 is 5.97 Å². The molecule has 0 spiro atoms. The van der Waals surface area contributed by atoms with Gasteiger partial charge in [0.1, 0.15) is 0 Å². The van der Waals surface area contributed by atoms with Crippen LogP contribution >= 0.6 is 11.6 Å². The van der Waals surface area contributed by atoms with E-state index in [1.54, 1.807) is 24.3 Å². The Labute approximate surface area is 162 Å². The van der Waals surface area contributed by atoms with Crippen molar-refractivity contribution in [2.24, 2.45) is 5.92 Å². The first-order valence-corrected chi connectivity index (χ1v) is 9.01. The molecule has 27 heavy (non-hydrogen) atoms. The lowest BCUT2D eigenvalue weighted by Gasteiger charge is -2.13. The average Bonchev–Trinajstić information content (AvgIpc) is 3.10. The van der Waals surface area contributed by atoms with Gasteiger partial charge < -0.3 is 19.9 Å². The third-order valence-corrected chi connectivity index (χ3v) is 4.60. The minimum absolute atomic E-state index is 0.0703. The Morgan fingerprint density at radius 2 is 1.78 bits per heavy atom. The van der Waals surface area contributed by atoms with Crippen molar-refractivity contribution in [1.29, 1.82) is 0 Å². The average molecular weight is 390 g/mol. The van der Waals surface area contributed by atoms with Crippen LogP contribution in [0.1, 0.15) is 17.5 Å². The molecule has 1 amide bonds. The number of carboxylic acids is 1. The van der Waals surface area contributed by atoms with Gasteiger partial charge in [-0.05, 0) is 48.2 Å². The topological polar surface area (TPSA) is 84.9 Å². The lowest BCUT2D eigenvalue weighted by Crippen LogP contribution is -2.30. The fourth-order valence-corrected chi connectivity index (χ4v) is 3.02. The van der Waals surface area contributed by atoms with Gasteiger partial charge in [0, 0.05) is 18.0 Å². The number of ether oxygens (including phenoxy) is 2.